The van der Waals surface area contributed by atoms with E-state index in [4.69, 9.17) is 4.98 Å². The first-order valence-electron chi connectivity index (χ1n) is 14.5. The van der Waals surface area contributed by atoms with Crippen LogP contribution in [0.5, 0.6) is 0 Å². The first kappa shape index (κ1) is 26.2. The van der Waals surface area contributed by atoms with E-state index in [2.05, 4.69) is 72.3 Å². The van der Waals surface area contributed by atoms with Gasteiger partial charge in [0.1, 0.15) is 0 Å². The van der Waals surface area contributed by atoms with E-state index >= 15 is 0 Å². The van der Waals surface area contributed by atoms with E-state index in [9.17, 15) is 0 Å². The summed E-state index contributed by atoms with van der Waals surface area (Å²) in [7, 11) is 0. The number of nitrogens with one attached hydrogen (secondary N) is 1. The van der Waals surface area contributed by atoms with Crippen molar-refractivity contribution >= 4 is 5.57 Å². The lowest BCUT2D eigenvalue weighted by Crippen LogP contribution is -2.17. The van der Waals surface area contributed by atoms with Crippen LogP contribution in [-0.2, 0) is 0 Å². The highest BCUT2D eigenvalue weighted by molar-refractivity contribution is 5.84. The molecule has 3 aliphatic carbocycles. The zero-order chi connectivity index (χ0) is 26.3. The maximum atomic E-state index is 4.70. The van der Waals surface area contributed by atoms with E-state index in [0.717, 1.165) is 40.6 Å². The number of hydrogen-bond donors (Lipinski definition) is 1. The molecular formula is C35H41N3. The lowest BCUT2D eigenvalue weighted by Gasteiger charge is -2.31. The lowest BCUT2D eigenvalue weighted by atomic mass is 9.74. The second kappa shape index (κ2) is 12.4. The second-order valence-corrected chi connectivity index (χ2v) is 11.0. The molecule has 3 aliphatic rings. The first-order valence-corrected chi connectivity index (χ1v) is 14.5. The Morgan fingerprint density at radius 3 is 2.66 bits per heavy atom. The first-order chi connectivity index (χ1) is 18.6. The average Bonchev–Trinajstić information content (AvgIpc) is 3.32. The largest absolute Gasteiger partial charge is 0.276 e. The lowest BCUT2D eigenvalue weighted by molar-refractivity contribution is 0.331. The van der Waals surface area contributed by atoms with Gasteiger partial charge in [0.25, 0.3) is 0 Å². The summed E-state index contributed by atoms with van der Waals surface area (Å²) >= 11 is 0. The van der Waals surface area contributed by atoms with Crippen LogP contribution in [0.15, 0.2) is 102 Å². The molecule has 3 nitrogen and oxygen atoms in total. The molecule has 1 fully saturated rings. The van der Waals surface area contributed by atoms with Crippen LogP contribution in [0.3, 0.4) is 0 Å². The van der Waals surface area contributed by atoms with E-state index in [1.54, 1.807) is 0 Å². The van der Waals surface area contributed by atoms with E-state index in [-0.39, 0.29) is 0 Å². The summed E-state index contributed by atoms with van der Waals surface area (Å²) in [6, 6.07) is 6.09. The summed E-state index contributed by atoms with van der Waals surface area (Å²) in [5.74, 6) is 1.39. The molecule has 0 radical (unpaired) electrons. The van der Waals surface area contributed by atoms with E-state index in [1.165, 1.54) is 73.7 Å². The fraction of sp³-hybridized carbons (Fsp3) is 0.371. The molecule has 0 aliphatic heterocycles. The summed E-state index contributed by atoms with van der Waals surface area (Å²) in [5.41, 5.74) is 10.7. The van der Waals surface area contributed by atoms with Gasteiger partial charge in [-0.2, -0.15) is 5.10 Å². The van der Waals surface area contributed by atoms with Gasteiger partial charge in [-0.05, 0) is 98.1 Å². The molecule has 0 aromatic carbocycles. The minimum Gasteiger partial charge on any atom is -0.276 e. The Balaban J connectivity index is 1.29. The molecule has 0 unspecified atom stereocenters. The Morgan fingerprint density at radius 1 is 1.00 bits per heavy atom. The second-order valence-electron chi connectivity index (χ2n) is 11.0. The molecule has 38 heavy (non-hydrogen) atoms. The predicted octanol–water partition coefficient (Wildman–Crippen LogP) is 9.42. The van der Waals surface area contributed by atoms with Gasteiger partial charge in [0, 0.05) is 11.3 Å². The number of unbranched alkanes of at least 4 members (excludes halogenated alkanes) is 2. The van der Waals surface area contributed by atoms with Gasteiger partial charge >= 0.3 is 0 Å². The molecule has 2 aromatic heterocycles. The van der Waals surface area contributed by atoms with Crippen LogP contribution in [0.2, 0.25) is 0 Å². The normalized spacial score (nSPS) is 24.4. The smallest absolute Gasteiger partial charge is 0.0912 e. The number of hydrogen-bond acceptors (Lipinski definition) is 2. The predicted molar refractivity (Wildman–Crippen MR) is 160 cm³/mol. The number of H-pyrrole nitrogens is 1. The number of pyridine rings is 1. The molecule has 0 atom stereocenters. The quantitative estimate of drug-likeness (QED) is 0.288. The van der Waals surface area contributed by atoms with Crippen molar-refractivity contribution in [2.75, 3.05) is 0 Å². The van der Waals surface area contributed by atoms with Gasteiger partial charge in [0.2, 0.25) is 0 Å². The number of aromatic amines is 1. The van der Waals surface area contributed by atoms with Gasteiger partial charge in [-0.25, -0.2) is 0 Å². The fourth-order valence-corrected chi connectivity index (χ4v) is 6.05. The van der Waals surface area contributed by atoms with Crippen molar-refractivity contribution in [2.24, 2.45) is 11.8 Å². The Bertz CT molecular complexity index is 1330. The van der Waals surface area contributed by atoms with Gasteiger partial charge in [0.05, 0.1) is 17.6 Å². The van der Waals surface area contributed by atoms with Gasteiger partial charge in [-0.3, -0.25) is 10.1 Å². The molecule has 3 heteroatoms. The zero-order valence-electron chi connectivity index (χ0n) is 23.0. The van der Waals surface area contributed by atoms with Crippen molar-refractivity contribution in [1.82, 2.24) is 15.2 Å². The zero-order valence-corrected chi connectivity index (χ0v) is 23.0. The van der Waals surface area contributed by atoms with Crippen LogP contribution in [0.4, 0.5) is 0 Å². The van der Waals surface area contributed by atoms with E-state index < -0.39 is 0 Å². The van der Waals surface area contributed by atoms with Crippen LogP contribution >= 0.6 is 0 Å². The number of aryl methyl sites for hydroxylation is 1. The molecule has 2 aromatic rings. The number of rotatable bonds is 8. The summed E-state index contributed by atoms with van der Waals surface area (Å²) in [5, 5.41) is 7.51. The molecule has 0 saturated heterocycles. The maximum Gasteiger partial charge on any atom is 0.0912 e. The molecule has 0 amide bonds. The van der Waals surface area contributed by atoms with Crippen LogP contribution in [0.25, 0.3) is 17.0 Å². The topological polar surface area (TPSA) is 41.6 Å². The van der Waals surface area contributed by atoms with Gasteiger partial charge < -0.3 is 0 Å². The highest BCUT2D eigenvalue weighted by Gasteiger charge is 2.25. The van der Waals surface area contributed by atoms with Crippen molar-refractivity contribution in [3.05, 3.63) is 113 Å². The van der Waals surface area contributed by atoms with Gasteiger partial charge in [-0.1, -0.05) is 86.6 Å². The molecule has 1 saturated carbocycles. The number of nitrogens with zero attached hydrogens (tertiary/aromatic N) is 2. The van der Waals surface area contributed by atoms with Crippen molar-refractivity contribution in [3.8, 4) is 11.4 Å². The molecule has 0 bridgehead atoms. The molecule has 2 heterocycles. The highest BCUT2D eigenvalue weighted by atomic mass is 15.1. The molecular weight excluding hydrogens is 462 g/mol. The number of allylic oxidation sites excluding steroid dienone is 13. The van der Waals surface area contributed by atoms with Crippen molar-refractivity contribution in [2.45, 2.75) is 71.6 Å². The summed E-state index contributed by atoms with van der Waals surface area (Å²) in [6.45, 7) is 8.75. The molecule has 5 rings (SSSR count). The Kier molecular flexibility index (Phi) is 8.53. The number of fused-ring (bicyclic) bond motifs is 1. The van der Waals surface area contributed by atoms with Gasteiger partial charge in [0.15, 0.2) is 0 Å². The van der Waals surface area contributed by atoms with Crippen LogP contribution < -0.4 is 0 Å². The van der Waals surface area contributed by atoms with Gasteiger partial charge in [-0.15, -0.1) is 0 Å². The third-order valence-corrected chi connectivity index (χ3v) is 8.31. The third-order valence-electron chi connectivity index (χ3n) is 8.31. The SMILES string of the molecule is C=C(CCCCC)C1CCC(C2=CCC=C3\C=C/C(c4cn[nH]c4-c4cccc(C)n4)=C/C=C/C3=C2)CC1. The highest BCUT2D eigenvalue weighted by Crippen LogP contribution is 2.40. The van der Waals surface area contributed by atoms with Crippen LogP contribution in [0.1, 0.15) is 76.0 Å². The average molecular weight is 504 g/mol. The van der Waals surface area contributed by atoms with Crippen LogP contribution in [-0.4, -0.2) is 15.2 Å². The Labute approximate surface area is 228 Å². The fourth-order valence-electron chi connectivity index (χ4n) is 6.05. The Morgan fingerprint density at radius 2 is 1.84 bits per heavy atom. The third kappa shape index (κ3) is 6.15. The Hall–Kier alpha value is -3.46. The molecule has 0 spiro atoms. The summed E-state index contributed by atoms with van der Waals surface area (Å²) in [4.78, 5) is 4.70. The monoisotopic (exact) mass is 503 g/mol. The molecule has 196 valence electrons. The minimum absolute atomic E-state index is 0.666. The summed E-state index contributed by atoms with van der Waals surface area (Å²) < 4.78 is 0. The maximum absolute atomic E-state index is 4.70. The standard InChI is InChI=1S/C35H41N3/c1-4-5-6-10-25(2)27-17-19-29(20-18-27)32-14-8-12-28-21-22-30(13-9-15-31(28)23-32)33-24-36-38-35(33)34-16-7-11-26(3)37-34/h7,9,11-16,21-24,27,29H,2,4-6,8,10,17-20H2,1,3H3,(H,36,38)/b15-9+,22-21-,30-13-. The summed E-state index contributed by atoms with van der Waals surface area (Å²) in [6.07, 6.45) is 31.5. The van der Waals surface area contributed by atoms with E-state index in [1.807, 2.05) is 31.3 Å². The molecule has 1 N–H and O–H groups in total. The van der Waals surface area contributed by atoms with E-state index in [0.29, 0.717) is 5.92 Å². The minimum atomic E-state index is 0.666. The number of aromatic nitrogens is 3. The van der Waals surface area contributed by atoms with Crippen molar-refractivity contribution in [1.29, 1.82) is 0 Å². The van der Waals surface area contributed by atoms with Crippen LogP contribution in [0, 0.1) is 18.8 Å². The van der Waals surface area contributed by atoms with Crippen molar-refractivity contribution < 1.29 is 0 Å². The van der Waals surface area contributed by atoms with Crippen molar-refractivity contribution in [3.63, 3.8) is 0 Å².